The molecule has 8 nitrogen and oxygen atoms in total. The average molecular weight is 428 g/mol. The maximum absolute atomic E-state index is 12.6. The normalized spacial score (nSPS) is 14.4. The highest BCUT2D eigenvalue weighted by Crippen LogP contribution is 2.35. The van der Waals surface area contributed by atoms with E-state index in [4.69, 9.17) is 14.1 Å². The van der Waals surface area contributed by atoms with Gasteiger partial charge >= 0.3 is 0 Å². The van der Waals surface area contributed by atoms with Crippen molar-refractivity contribution in [2.75, 3.05) is 36.5 Å². The van der Waals surface area contributed by atoms with Crippen LogP contribution in [0, 0.1) is 6.92 Å². The molecule has 4 aromatic rings. The Morgan fingerprint density at radius 1 is 1.14 bits per heavy atom. The lowest BCUT2D eigenvalue weighted by molar-refractivity contribution is 0.103. The van der Waals surface area contributed by atoms with Gasteiger partial charge in [-0.1, -0.05) is 11.3 Å². The van der Waals surface area contributed by atoms with Crippen molar-refractivity contribution in [2.24, 2.45) is 0 Å². The number of amides is 1. The van der Waals surface area contributed by atoms with Crippen LogP contribution in [0.2, 0.25) is 0 Å². The number of nitrogens with zero attached hydrogens (tertiary/aromatic N) is 4. The first-order chi connectivity index (χ1) is 14.2. The van der Waals surface area contributed by atoms with Crippen molar-refractivity contribution < 1.29 is 13.9 Å². The molecular weight excluding hydrogens is 410 g/mol. The van der Waals surface area contributed by atoms with Crippen LogP contribution in [0.3, 0.4) is 0 Å². The molecule has 0 atom stereocenters. The van der Waals surface area contributed by atoms with Crippen molar-refractivity contribution in [1.82, 2.24) is 15.2 Å². The second-order valence-corrected chi connectivity index (χ2v) is 8.57. The number of hydrogen-bond acceptors (Lipinski definition) is 9. The molecule has 0 unspecified atom stereocenters. The molecule has 0 saturated carbocycles. The molecule has 5 rings (SSSR count). The lowest BCUT2D eigenvalue weighted by Gasteiger charge is -2.25. The van der Waals surface area contributed by atoms with E-state index >= 15 is 0 Å². The summed E-state index contributed by atoms with van der Waals surface area (Å²) in [4.78, 5) is 21.1. The molecule has 1 saturated heterocycles. The number of anilines is 2. The van der Waals surface area contributed by atoms with E-state index in [1.807, 2.05) is 30.3 Å². The Labute approximate surface area is 174 Å². The maximum atomic E-state index is 12.6. The van der Waals surface area contributed by atoms with E-state index < -0.39 is 0 Å². The lowest BCUT2D eigenvalue weighted by atomic mass is 10.2. The summed E-state index contributed by atoms with van der Waals surface area (Å²) in [6.45, 7) is 4.91. The van der Waals surface area contributed by atoms with Crippen molar-refractivity contribution in [3.8, 4) is 11.5 Å². The molecule has 29 heavy (non-hydrogen) atoms. The first kappa shape index (κ1) is 18.2. The Morgan fingerprint density at radius 3 is 2.62 bits per heavy atom. The van der Waals surface area contributed by atoms with Crippen molar-refractivity contribution >= 4 is 48.9 Å². The predicted octanol–water partition coefficient (Wildman–Crippen LogP) is 3.81. The molecule has 1 amide bonds. The van der Waals surface area contributed by atoms with E-state index in [0.29, 0.717) is 22.3 Å². The van der Waals surface area contributed by atoms with Crippen molar-refractivity contribution in [2.45, 2.75) is 6.92 Å². The summed E-state index contributed by atoms with van der Waals surface area (Å²) < 4.78 is 11.8. The zero-order valence-corrected chi connectivity index (χ0v) is 17.2. The topological polar surface area (TPSA) is 93.4 Å². The molecule has 4 heterocycles. The zero-order valence-electron chi connectivity index (χ0n) is 15.5. The Morgan fingerprint density at radius 2 is 1.93 bits per heavy atom. The predicted molar refractivity (Wildman–Crippen MR) is 113 cm³/mol. The fourth-order valence-corrected chi connectivity index (χ4v) is 5.19. The smallest absolute Gasteiger partial charge is 0.265 e. The number of rotatable bonds is 4. The summed E-state index contributed by atoms with van der Waals surface area (Å²) in [5.41, 5.74) is 1.51. The van der Waals surface area contributed by atoms with E-state index in [2.05, 4.69) is 20.4 Å². The summed E-state index contributed by atoms with van der Waals surface area (Å²) in [6.07, 6.45) is 0. The van der Waals surface area contributed by atoms with Gasteiger partial charge < -0.3 is 19.4 Å². The Bertz CT molecular complexity index is 1130. The third-order valence-electron chi connectivity index (χ3n) is 4.50. The summed E-state index contributed by atoms with van der Waals surface area (Å²) in [5.74, 6) is 0.830. The Hall–Kier alpha value is -2.82. The van der Waals surface area contributed by atoms with Gasteiger partial charge in [-0.2, -0.15) is 0 Å². The molecule has 1 N–H and O–H groups in total. The fraction of sp³-hybridized carbons (Fsp3) is 0.263. The van der Waals surface area contributed by atoms with Gasteiger partial charge in [-0.15, -0.1) is 21.5 Å². The fourth-order valence-electron chi connectivity index (χ4n) is 3.03. The third-order valence-corrected chi connectivity index (χ3v) is 6.72. The number of morpholine rings is 1. The van der Waals surface area contributed by atoms with Gasteiger partial charge in [0, 0.05) is 31.3 Å². The number of carbonyl (C=O) groups is 1. The van der Waals surface area contributed by atoms with Crippen LogP contribution in [0.5, 0.6) is 0 Å². The molecule has 10 heteroatoms. The molecule has 1 fully saturated rings. The van der Waals surface area contributed by atoms with Crippen LogP contribution in [0.25, 0.3) is 21.0 Å². The second-order valence-electron chi connectivity index (χ2n) is 6.53. The van der Waals surface area contributed by atoms with Gasteiger partial charge in [0.15, 0.2) is 5.13 Å². The zero-order chi connectivity index (χ0) is 19.8. The van der Waals surface area contributed by atoms with E-state index in [0.717, 1.165) is 46.5 Å². The first-order valence-electron chi connectivity index (χ1n) is 9.11. The van der Waals surface area contributed by atoms with Crippen molar-refractivity contribution in [3.05, 3.63) is 41.1 Å². The summed E-state index contributed by atoms with van der Waals surface area (Å²) in [6, 6.07) is 9.22. The number of nitrogens with one attached hydrogen (secondary N) is 1. The summed E-state index contributed by atoms with van der Waals surface area (Å²) in [7, 11) is 0. The summed E-state index contributed by atoms with van der Waals surface area (Å²) >= 11 is 3.02. The standard InChI is InChI=1S/C19H17N5O3S2/c1-11-22-23-17(27-11)12-2-4-13(5-3-12)20-16(25)14-10-15-18(28-14)21-19(29-15)24-6-8-26-9-7-24/h2-5,10H,6-9H2,1H3,(H,20,25). The minimum absolute atomic E-state index is 0.144. The molecule has 1 aromatic carbocycles. The van der Waals surface area contributed by atoms with Gasteiger partial charge in [-0.05, 0) is 30.3 Å². The van der Waals surface area contributed by atoms with Gasteiger partial charge in [0.2, 0.25) is 11.8 Å². The van der Waals surface area contributed by atoms with Crippen LogP contribution >= 0.6 is 22.7 Å². The number of ether oxygens (including phenoxy) is 1. The van der Waals surface area contributed by atoms with Crippen LogP contribution in [0.15, 0.2) is 34.7 Å². The van der Waals surface area contributed by atoms with Crippen LogP contribution in [0.1, 0.15) is 15.6 Å². The number of thiazole rings is 1. The molecule has 0 aliphatic carbocycles. The van der Waals surface area contributed by atoms with Crippen LogP contribution in [-0.2, 0) is 4.74 Å². The van der Waals surface area contributed by atoms with Crippen molar-refractivity contribution in [3.63, 3.8) is 0 Å². The maximum Gasteiger partial charge on any atom is 0.265 e. The largest absolute Gasteiger partial charge is 0.421 e. The molecule has 0 spiro atoms. The number of benzene rings is 1. The van der Waals surface area contributed by atoms with Gasteiger partial charge in [0.05, 0.1) is 22.8 Å². The number of hydrogen-bond donors (Lipinski definition) is 1. The van der Waals surface area contributed by atoms with Crippen LogP contribution in [0.4, 0.5) is 10.8 Å². The van der Waals surface area contributed by atoms with Gasteiger partial charge in [-0.25, -0.2) is 4.98 Å². The molecule has 1 aliphatic rings. The van der Waals surface area contributed by atoms with E-state index in [1.54, 1.807) is 18.3 Å². The number of thiophene rings is 1. The molecule has 0 bridgehead atoms. The number of aryl methyl sites for hydroxylation is 1. The minimum Gasteiger partial charge on any atom is -0.421 e. The molecular formula is C19H17N5O3S2. The third kappa shape index (κ3) is 3.74. The van der Waals surface area contributed by atoms with Gasteiger partial charge in [-0.3, -0.25) is 4.79 Å². The van der Waals surface area contributed by atoms with E-state index in [9.17, 15) is 4.79 Å². The first-order valence-corrected chi connectivity index (χ1v) is 10.7. The van der Waals surface area contributed by atoms with E-state index in [-0.39, 0.29) is 5.91 Å². The van der Waals surface area contributed by atoms with Gasteiger partial charge in [0.1, 0.15) is 4.83 Å². The van der Waals surface area contributed by atoms with Crippen LogP contribution in [-0.4, -0.2) is 47.4 Å². The SMILES string of the molecule is Cc1nnc(-c2ccc(NC(=O)c3cc4sc(N5CCOCC5)nc4s3)cc2)o1. The highest BCUT2D eigenvalue weighted by Gasteiger charge is 2.19. The number of aromatic nitrogens is 3. The summed E-state index contributed by atoms with van der Waals surface area (Å²) in [5, 5.41) is 11.7. The molecule has 3 aromatic heterocycles. The van der Waals surface area contributed by atoms with Gasteiger partial charge in [0.25, 0.3) is 5.91 Å². The highest BCUT2D eigenvalue weighted by atomic mass is 32.1. The molecule has 0 radical (unpaired) electrons. The number of carbonyl (C=O) groups excluding carboxylic acids is 1. The highest BCUT2D eigenvalue weighted by molar-refractivity contribution is 7.29. The Kier molecular flexibility index (Phi) is 4.74. The second kappa shape index (κ2) is 7.54. The molecule has 1 aliphatic heterocycles. The molecule has 148 valence electrons. The van der Waals surface area contributed by atoms with Crippen molar-refractivity contribution in [1.29, 1.82) is 0 Å². The van der Waals surface area contributed by atoms with Crippen LogP contribution < -0.4 is 10.2 Å². The minimum atomic E-state index is -0.144. The average Bonchev–Trinajstić information content (AvgIpc) is 3.44. The number of fused-ring (bicyclic) bond motifs is 1. The van der Waals surface area contributed by atoms with E-state index in [1.165, 1.54) is 11.3 Å². The lowest BCUT2D eigenvalue weighted by Crippen LogP contribution is -2.36. The quantitative estimate of drug-likeness (QED) is 0.529. The monoisotopic (exact) mass is 427 g/mol. The Balaban J connectivity index is 1.29.